The van der Waals surface area contributed by atoms with Crippen LogP contribution >= 0.6 is 0 Å². The zero-order valence-corrected chi connectivity index (χ0v) is 25.4. The molecule has 1 N–H and O–H groups in total. The third kappa shape index (κ3) is 7.83. The van der Waals surface area contributed by atoms with E-state index in [1.54, 1.807) is 31.2 Å². The number of hydrogen-bond donors (Lipinski definition) is 1. The first-order valence-corrected chi connectivity index (χ1v) is 14.5. The van der Waals surface area contributed by atoms with Crippen molar-refractivity contribution < 1.29 is 45.7 Å². The Morgan fingerprint density at radius 1 is 1.14 bits per heavy atom. The van der Waals surface area contributed by atoms with Gasteiger partial charge in [0.2, 0.25) is 5.28 Å². The van der Waals surface area contributed by atoms with E-state index in [1.165, 1.54) is 32.9 Å². The number of halogens is 3. The highest BCUT2D eigenvalue weighted by molar-refractivity contribution is 7.90. The maximum Gasteiger partial charge on any atom is 0.435 e. The largest absolute Gasteiger partial charge is 0.569 e. The van der Waals surface area contributed by atoms with Crippen LogP contribution in [0.3, 0.4) is 0 Å². The van der Waals surface area contributed by atoms with Crippen LogP contribution in [0, 0.1) is 12.1 Å². The zero-order chi connectivity index (χ0) is 33.0. The number of carbonyl (C=O) groups is 2. The maximum atomic E-state index is 13.5. The monoisotopic (exact) mass is 640 g/mol. The lowest BCUT2D eigenvalue weighted by molar-refractivity contribution is -0.718. The molecule has 2 aromatic carbocycles. The number of esters is 1. The third-order valence-corrected chi connectivity index (χ3v) is 7.79. The van der Waals surface area contributed by atoms with Crippen molar-refractivity contribution in [2.75, 3.05) is 7.05 Å². The highest BCUT2D eigenvalue weighted by Crippen LogP contribution is 2.33. The first kappa shape index (κ1) is 33.8. The lowest BCUT2D eigenvalue weighted by Gasteiger charge is -2.29. The number of alkyl halides is 3. The average molecular weight is 641 g/mol. The summed E-state index contributed by atoms with van der Waals surface area (Å²) < 4.78 is 74.3. The highest BCUT2D eigenvalue weighted by Gasteiger charge is 2.41. The number of aryl methyl sites for hydroxylation is 1. The zero-order valence-electron chi connectivity index (χ0n) is 24.6. The summed E-state index contributed by atoms with van der Waals surface area (Å²) in [6.07, 6.45) is -5.87. The number of sulfonamides is 1. The molecule has 17 heteroatoms. The van der Waals surface area contributed by atoms with E-state index >= 15 is 0 Å². The molecular weight excluding hydrogens is 609 g/mol. The van der Waals surface area contributed by atoms with Crippen LogP contribution in [0.4, 0.5) is 13.2 Å². The molecule has 3 rings (SSSR count). The van der Waals surface area contributed by atoms with Gasteiger partial charge < -0.3 is 9.94 Å². The molecule has 0 radical (unpaired) electrons. The topological polar surface area (TPSA) is 158 Å². The van der Waals surface area contributed by atoms with E-state index in [0.717, 1.165) is 40.5 Å². The van der Waals surface area contributed by atoms with Gasteiger partial charge in [-0.15, -0.1) is 5.01 Å². The molecule has 0 fully saturated rings. The van der Waals surface area contributed by atoms with Crippen molar-refractivity contribution in [3.05, 3.63) is 71.1 Å². The fourth-order valence-corrected chi connectivity index (χ4v) is 4.64. The molecule has 0 spiro atoms. The third-order valence-electron chi connectivity index (χ3n) is 6.44. The van der Waals surface area contributed by atoms with Crippen molar-refractivity contribution in [3.8, 4) is 16.9 Å². The van der Waals surface area contributed by atoms with Gasteiger partial charge in [0, 0.05) is 18.9 Å². The second-order valence-corrected chi connectivity index (χ2v) is 11.7. The van der Waals surface area contributed by atoms with E-state index in [1.807, 2.05) is 11.6 Å². The van der Waals surface area contributed by atoms with Crippen molar-refractivity contribution in [3.63, 3.8) is 0 Å². The fourth-order valence-electron chi connectivity index (χ4n) is 3.53. The maximum absolute atomic E-state index is 13.5. The van der Waals surface area contributed by atoms with Crippen LogP contribution in [0.25, 0.3) is 16.9 Å². The van der Waals surface area contributed by atoms with Gasteiger partial charge >= 0.3 is 12.1 Å². The van der Waals surface area contributed by atoms with Crippen molar-refractivity contribution >= 4 is 21.9 Å². The van der Waals surface area contributed by atoms with E-state index in [-0.39, 0.29) is 27.7 Å². The van der Waals surface area contributed by atoms with Crippen molar-refractivity contribution in [2.24, 2.45) is 5.28 Å². The van der Waals surface area contributed by atoms with Gasteiger partial charge in [0.05, 0.1) is 28.3 Å². The number of carbonyl (C=O) groups excluding carboxylic acids is 2. The predicted octanol–water partition coefficient (Wildman–Crippen LogP) is 4.49. The van der Waals surface area contributed by atoms with E-state index in [2.05, 4.69) is 10.4 Å². The first-order chi connectivity index (χ1) is 20.4. The minimum absolute atomic E-state index is 0.0653. The van der Waals surface area contributed by atoms with Gasteiger partial charge in [0.25, 0.3) is 22.2 Å². The summed E-state index contributed by atoms with van der Waals surface area (Å²) in [5.74, 6) is -1.71. The molecule has 1 heterocycles. The summed E-state index contributed by atoms with van der Waals surface area (Å²) in [7, 11) is -3.36. The Bertz CT molecular complexity index is 1640. The standard InChI is InChI=1S/C27H31F3N6O7S/c1-7-24(37)42-18(3)43-33-36(39)34(6)26(4,5)25(38)32-44(40,41)21-14-12-20(13-15-21)35-22(16-23(31-35)27(28,29)30)19-10-8-17(2)9-11-19/h8-16,18H,7H2,1-6H3,(H,32,38). The fraction of sp³-hybridized carbons (Fsp3) is 0.370. The van der Waals surface area contributed by atoms with Crippen molar-refractivity contribution in [1.82, 2.24) is 19.5 Å². The summed E-state index contributed by atoms with van der Waals surface area (Å²) in [6.45, 7) is 7.17. The van der Waals surface area contributed by atoms with Crippen LogP contribution < -0.4 is 4.72 Å². The molecule has 44 heavy (non-hydrogen) atoms. The molecule has 1 amide bonds. The van der Waals surface area contributed by atoms with Gasteiger partial charge in [-0.1, -0.05) is 36.8 Å². The number of nitrogens with one attached hydrogen (secondary N) is 1. The summed E-state index contributed by atoms with van der Waals surface area (Å²) in [6, 6.07) is 12.3. The Kier molecular flexibility index (Phi) is 9.92. The molecule has 0 saturated heterocycles. The molecule has 0 aliphatic heterocycles. The Hall–Kier alpha value is -4.67. The van der Waals surface area contributed by atoms with Crippen molar-refractivity contribution in [2.45, 2.75) is 63.9 Å². The molecule has 0 saturated carbocycles. The summed E-state index contributed by atoms with van der Waals surface area (Å²) in [5, 5.41) is 20.0. The average Bonchev–Trinajstić information content (AvgIpc) is 3.42. The van der Waals surface area contributed by atoms with Gasteiger partial charge in [-0.25, -0.2) is 17.8 Å². The Morgan fingerprint density at radius 3 is 2.27 bits per heavy atom. The number of hydrazine groups is 1. The number of amides is 1. The number of aromatic nitrogens is 2. The Labute approximate surface area is 251 Å². The number of ether oxygens (including phenoxy) is 1. The minimum atomic E-state index is -4.72. The number of hydrogen-bond acceptors (Lipinski definition) is 9. The van der Waals surface area contributed by atoms with E-state index in [4.69, 9.17) is 9.57 Å². The summed E-state index contributed by atoms with van der Waals surface area (Å²) in [5.41, 5.74) is -1.32. The SMILES string of the molecule is CCC(=O)OC(C)ON=[N+]([O-])N(C)C(C)(C)C(=O)NS(=O)(=O)c1ccc(-n2nc(C(F)(F)F)cc2-c2ccc(C)cc2)cc1. The van der Waals surface area contributed by atoms with Gasteiger partial charge in [-0.2, -0.15) is 18.3 Å². The van der Waals surface area contributed by atoms with Gasteiger partial charge in [-0.3, -0.25) is 14.4 Å². The second kappa shape index (κ2) is 12.9. The van der Waals surface area contributed by atoms with Crippen LogP contribution in [0.5, 0.6) is 0 Å². The van der Waals surface area contributed by atoms with Crippen LogP contribution in [0.1, 0.15) is 45.4 Å². The van der Waals surface area contributed by atoms with Crippen LogP contribution in [0.15, 0.2) is 64.8 Å². The molecule has 0 aliphatic carbocycles. The lowest BCUT2D eigenvalue weighted by Crippen LogP contribution is -2.56. The molecule has 13 nitrogen and oxygen atoms in total. The highest BCUT2D eigenvalue weighted by atomic mass is 32.2. The minimum Gasteiger partial charge on any atom is -0.569 e. The Morgan fingerprint density at radius 2 is 1.73 bits per heavy atom. The first-order valence-electron chi connectivity index (χ1n) is 13.1. The van der Waals surface area contributed by atoms with E-state index < -0.39 is 45.6 Å². The number of rotatable bonds is 11. The van der Waals surface area contributed by atoms with Gasteiger partial charge in [0.1, 0.15) is 0 Å². The number of likely N-dealkylation sites (N-methyl/N-ethyl adjacent to an activating group) is 1. The normalized spacial score (nSPS) is 13.2. The molecule has 1 aromatic heterocycles. The van der Waals surface area contributed by atoms with Crippen LogP contribution in [-0.4, -0.2) is 58.9 Å². The smallest absolute Gasteiger partial charge is 0.435 e. The lowest BCUT2D eigenvalue weighted by atomic mass is 10.1. The van der Waals surface area contributed by atoms with E-state index in [0.29, 0.717) is 5.56 Å². The molecular formula is C27H31F3N6O7S. The van der Waals surface area contributed by atoms with E-state index in [9.17, 15) is 36.4 Å². The van der Waals surface area contributed by atoms with Crippen LogP contribution in [-0.2, 0) is 35.4 Å². The van der Waals surface area contributed by atoms with Gasteiger partial charge in [-0.05, 0) is 51.1 Å². The molecule has 0 bridgehead atoms. The molecule has 3 aromatic rings. The second-order valence-electron chi connectivity index (χ2n) is 10.1. The summed E-state index contributed by atoms with van der Waals surface area (Å²) in [4.78, 5) is 28.6. The Balaban J connectivity index is 1.82. The number of benzene rings is 2. The quantitative estimate of drug-likeness (QED) is 0.105. The predicted molar refractivity (Wildman–Crippen MR) is 149 cm³/mol. The molecule has 238 valence electrons. The molecule has 1 unspecified atom stereocenters. The molecule has 1 atom stereocenters. The van der Waals surface area contributed by atoms with Crippen LogP contribution in [0.2, 0.25) is 0 Å². The molecule has 0 aliphatic rings. The van der Waals surface area contributed by atoms with Crippen molar-refractivity contribution in [1.29, 1.82) is 0 Å². The van der Waals surface area contributed by atoms with Gasteiger partial charge in [0.15, 0.2) is 11.2 Å². The number of nitrogens with zero attached hydrogens (tertiary/aromatic N) is 5. The summed E-state index contributed by atoms with van der Waals surface area (Å²) >= 11 is 0.